The molecular formula is C10H14N2O4. The van der Waals surface area contributed by atoms with Gasteiger partial charge in [0.25, 0.3) is 0 Å². The highest BCUT2D eigenvalue weighted by atomic mass is 16.4. The molecule has 0 aliphatic heterocycles. The molecule has 0 saturated heterocycles. The van der Waals surface area contributed by atoms with E-state index in [1.807, 2.05) is 0 Å². The summed E-state index contributed by atoms with van der Waals surface area (Å²) in [5.41, 5.74) is 4.55. The van der Waals surface area contributed by atoms with Gasteiger partial charge in [0.1, 0.15) is 5.41 Å². The van der Waals surface area contributed by atoms with Gasteiger partial charge in [0.15, 0.2) is 0 Å². The summed E-state index contributed by atoms with van der Waals surface area (Å²) < 4.78 is 0. The maximum atomic E-state index is 11.2. The summed E-state index contributed by atoms with van der Waals surface area (Å²) in [4.78, 5) is 22.1. The van der Waals surface area contributed by atoms with Crippen LogP contribution in [0.15, 0.2) is 23.4 Å². The fourth-order valence-corrected chi connectivity index (χ4v) is 1.72. The Morgan fingerprint density at radius 2 is 2.00 bits per heavy atom. The molecule has 0 fully saturated rings. The summed E-state index contributed by atoms with van der Waals surface area (Å²) in [6.07, 6.45) is 2.75. The van der Waals surface area contributed by atoms with Gasteiger partial charge in [0.2, 0.25) is 0 Å². The smallest absolute Gasteiger partial charge is 0.333 e. The van der Waals surface area contributed by atoms with Crippen molar-refractivity contribution in [1.29, 1.82) is 0 Å². The van der Waals surface area contributed by atoms with Crippen molar-refractivity contribution in [3.05, 3.63) is 23.4 Å². The van der Waals surface area contributed by atoms with Gasteiger partial charge in [-0.3, -0.25) is 4.79 Å². The molecular weight excluding hydrogens is 212 g/mol. The minimum absolute atomic E-state index is 0.107. The minimum atomic E-state index is -1.45. The Labute approximate surface area is 92.4 Å². The third kappa shape index (κ3) is 1.57. The molecule has 0 aromatic rings. The summed E-state index contributed by atoms with van der Waals surface area (Å²) >= 11 is 0. The predicted octanol–water partition coefficient (Wildman–Crippen LogP) is -0.467. The highest BCUT2D eigenvalue weighted by Gasteiger charge is 2.47. The zero-order chi connectivity index (χ0) is 12.5. The first-order valence-electron chi connectivity index (χ1n) is 4.68. The molecule has 0 radical (unpaired) electrons. The monoisotopic (exact) mass is 226 g/mol. The molecule has 5 N–H and O–H groups in total. The summed E-state index contributed by atoms with van der Waals surface area (Å²) in [6.45, 7) is 1.40. The molecule has 16 heavy (non-hydrogen) atoms. The summed E-state index contributed by atoms with van der Waals surface area (Å²) in [7, 11) is 1.57. The van der Waals surface area contributed by atoms with Crippen molar-refractivity contribution in [2.24, 2.45) is 11.1 Å². The number of nitrogens with two attached hydrogens (primary N) is 1. The summed E-state index contributed by atoms with van der Waals surface area (Å²) in [5.74, 6) is -2.36. The summed E-state index contributed by atoms with van der Waals surface area (Å²) in [5, 5.41) is 20.8. The van der Waals surface area contributed by atoms with E-state index in [0.29, 0.717) is 5.70 Å². The van der Waals surface area contributed by atoms with Crippen LogP contribution in [0.4, 0.5) is 0 Å². The largest absolute Gasteiger partial charge is 0.480 e. The van der Waals surface area contributed by atoms with Gasteiger partial charge < -0.3 is 21.3 Å². The van der Waals surface area contributed by atoms with Crippen LogP contribution in [0.5, 0.6) is 0 Å². The molecule has 1 aliphatic carbocycles. The van der Waals surface area contributed by atoms with Gasteiger partial charge in [0.05, 0.1) is 11.6 Å². The maximum Gasteiger partial charge on any atom is 0.333 e. The molecule has 0 saturated carbocycles. The first kappa shape index (κ1) is 12.3. The first-order valence-corrected chi connectivity index (χ1v) is 4.68. The standard InChI is InChI=1S/C10H14N2O4/c1-10(9(15)16)6(12-2)4-3-5(7(10)11)8(13)14/h3-4,7,12H,11H2,1-2H3,(H,13,14)(H,15,16). The van der Waals surface area contributed by atoms with Crippen LogP contribution in [0.1, 0.15) is 6.92 Å². The Kier molecular flexibility index (Phi) is 3.04. The first-order chi connectivity index (χ1) is 7.35. The fourth-order valence-electron chi connectivity index (χ4n) is 1.72. The molecule has 1 rings (SSSR count). The second-order valence-corrected chi connectivity index (χ2v) is 3.74. The number of carbonyl (C=O) groups is 2. The third-order valence-corrected chi connectivity index (χ3v) is 2.91. The van der Waals surface area contributed by atoms with Crippen LogP contribution >= 0.6 is 0 Å². The summed E-state index contributed by atoms with van der Waals surface area (Å²) in [6, 6.07) is -1.09. The van der Waals surface area contributed by atoms with Gasteiger partial charge in [-0.1, -0.05) is 0 Å². The van der Waals surface area contributed by atoms with Crippen molar-refractivity contribution in [2.75, 3.05) is 7.05 Å². The molecule has 6 heteroatoms. The number of carboxylic acid groups (broad SMARTS) is 2. The lowest BCUT2D eigenvalue weighted by molar-refractivity contribution is -0.146. The van der Waals surface area contributed by atoms with E-state index < -0.39 is 23.4 Å². The molecule has 1 aliphatic rings. The molecule has 0 spiro atoms. The van der Waals surface area contributed by atoms with Crippen LogP contribution in [0.25, 0.3) is 0 Å². The Balaban J connectivity index is 3.31. The van der Waals surface area contributed by atoms with Crippen LogP contribution in [0.3, 0.4) is 0 Å². The van der Waals surface area contributed by atoms with E-state index in [1.54, 1.807) is 7.05 Å². The molecule has 0 bridgehead atoms. The molecule has 0 heterocycles. The number of hydrogen-bond acceptors (Lipinski definition) is 4. The molecule has 0 aromatic heterocycles. The zero-order valence-corrected chi connectivity index (χ0v) is 9.02. The van der Waals surface area contributed by atoms with E-state index in [2.05, 4.69) is 5.32 Å². The SMILES string of the molecule is CNC1=CC=C(C(=O)O)C(N)C1(C)C(=O)O. The Morgan fingerprint density at radius 3 is 2.38 bits per heavy atom. The average Bonchev–Trinajstić information content (AvgIpc) is 2.21. The van der Waals surface area contributed by atoms with E-state index in [-0.39, 0.29) is 5.57 Å². The molecule has 6 nitrogen and oxygen atoms in total. The van der Waals surface area contributed by atoms with Crippen molar-refractivity contribution in [1.82, 2.24) is 5.32 Å². The van der Waals surface area contributed by atoms with Crippen molar-refractivity contribution in [3.63, 3.8) is 0 Å². The minimum Gasteiger partial charge on any atom is -0.480 e. The van der Waals surface area contributed by atoms with Gasteiger partial charge in [-0.25, -0.2) is 4.79 Å². The second-order valence-electron chi connectivity index (χ2n) is 3.74. The van der Waals surface area contributed by atoms with Crippen LogP contribution in [-0.4, -0.2) is 35.2 Å². The molecule has 0 aromatic carbocycles. The van der Waals surface area contributed by atoms with Gasteiger partial charge in [-0.15, -0.1) is 0 Å². The molecule has 0 amide bonds. The van der Waals surface area contributed by atoms with Crippen molar-refractivity contribution in [2.45, 2.75) is 13.0 Å². The predicted molar refractivity (Wildman–Crippen MR) is 56.6 cm³/mol. The van der Waals surface area contributed by atoms with Gasteiger partial charge in [0, 0.05) is 12.7 Å². The van der Waals surface area contributed by atoms with E-state index in [1.165, 1.54) is 19.1 Å². The topological polar surface area (TPSA) is 113 Å². The van der Waals surface area contributed by atoms with E-state index in [9.17, 15) is 14.7 Å². The van der Waals surface area contributed by atoms with Crippen molar-refractivity contribution in [3.8, 4) is 0 Å². The van der Waals surface area contributed by atoms with Crippen molar-refractivity contribution >= 4 is 11.9 Å². The fraction of sp³-hybridized carbons (Fsp3) is 0.400. The molecule has 88 valence electrons. The van der Waals surface area contributed by atoms with Gasteiger partial charge >= 0.3 is 11.9 Å². The highest BCUT2D eigenvalue weighted by molar-refractivity contribution is 5.92. The maximum absolute atomic E-state index is 11.2. The van der Waals surface area contributed by atoms with Gasteiger partial charge in [-0.2, -0.15) is 0 Å². The quantitative estimate of drug-likeness (QED) is 0.517. The van der Waals surface area contributed by atoms with Crippen LogP contribution in [-0.2, 0) is 9.59 Å². The lowest BCUT2D eigenvalue weighted by Gasteiger charge is -2.36. The molecule has 2 atom stereocenters. The van der Waals surface area contributed by atoms with E-state index in [4.69, 9.17) is 10.8 Å². The Bertz CT molecular complexity index is 400. The number of aliphatic carboxylic acids is 2. The second kappa shape index (κ2) is 3.97. The number of hydrogen-bond donors (Lipinski definition) is 4. The highest BCUT2D eigenvalue weighted by Crippen LogP contribution is 2.35. The number of allylic oxidation sites excluding steroid dienone is 2. The van der Waals surface area contributed by atoms with Crippen LogP contribution in [0.2, 0.25) is 0 Å². The van der Waals surface area contributed by atoms with E-state index >= 15 is 0 Å². The number of nitrogens with one attached hydrogen (secondary N) is 1. The average molecular weight is 226 g/mol. The van der Waals surface area contributed by atoms with Crippen LogP contribution in [0, 0.1) is 5.41 Å². The zero-order valence-electron chi connectivity index (χ0n) is 9.02. The van der Waals surface area contributed by atoms with Gasteiger partial charge in [-0.05, 0) is 19.1 Å². The van der Waals surface area contributed by atoms with Crippen molar-refractivity contribution < 1.29 is 19.8 Å². The third-order valence-electron chi connectivity index (χ3n) is 2.91. The number of rotatable bonds is 3. The Hall–Kier alpha value is -1.82. The lowest BCUT2D eigenvalue weighted by atomic mass is 9.73. The van der Waals surface area contributed by atoms with E-state index in [0.717, 1.165) is 0 Å². The van der Waals surface area contributed by atoms with Crippen LogP contribution < -0.4 is 11.1 Å². The normalized spacial score (nSPS) is 29.1. The number of carboxylic acids is 2. The molecule has 2 unspecified atom stereocenters. The Morgan fingerprint density at radius 1 is 1.44 bits per heavy atom. The lowest BCUT2D eigenvalue weighted by Crippen LogP contribution is -2.52.